The predicted molar refractivity (Wildman–Crippen MR) is 93.9 cm³/mol. The minimum Gasteiger partial charge on any atom is -0.378 e. The lowest BCUT2D eigenvalue weighted by Crippen LogP contribution is -2.30. The van der Waals surface area contributed by atoms with E-state index in [1.165, 1.54) is 5.56 Å². The number of para-hydroxylation sites is 1. The fourth-order valence-corrected chi connectivity index (χ4v) is 2.47. The van der Waals surface area contributed by atoms with Gasteiger partial charge in [-0.05, 0) is 24.1 Å². The van der Waals surface area contributed by atoms with Gasteiger partial charge in [-0.15, -0.1) is 6.58 Å². The second-order valence-corrected chi connectivity index (χ2v) is 5.44. The molecule has 116 valence electrons. The summed E-state index contributed by atoms with van der Waals surface area (Å²) in [5.74, 6) is 0.404. The van der Waals surface area contributed by atoms with E-state index in [0.29, 0.717) is 12.5 Å². The van der Waals surface area contributed by atoms with Crippen molar-refractivity contribution in [3.63, 3.8) is 0 Å². The van der Waals surface area contributed by atoms with Gasteiger partial charge in [-0.2, -0.15) is 0 Å². The number of benzene rings is 2. The third-order valence-corrected chi connectivity index (χ3v) is 3.84. The molecular formula is C20H25NO. The van der Waals surface area contributed by atoms with E-state index < -0.39 is 0 Å². The highest BCUT2D eigenvalue weighted by Crippen LogP contribution is 2.17. The van der Waals surface area contributed by atoms with Gasteiger partial charge in [-0.1, -0.05) is 61.5 Å². The zero-order valence-electron chi connectivity index (χ0n) is 13.2. The molecular weight excluding hydrogens is 270 g/mol. The van der Waals surface area contributed by atoms with E-state index in [1.54, 1.807) is 0 Å². The van der Waals surface area contributed by atoms with Gasteiger partial charge in [0.05, 0.1) is 13.2 Å². The molecule has 0 aromatic heterocycles. The van der Waals surface area contributed by atoms with Gasteiger partial charge in [-0.3, -0.25) is 0 Å². The van der Waals surface area contributed by atoms with Crippen LogP contribution in [0.3, 0.4) is 0 Å². The molecule has 2 aromatic carbocycles. The SMILES string of the molecule is C=C[C@H](Nc1ccccc1)[C@H](CC)COCc1ccccc1. The average Bonchev–Trinajstić information content (AvgIpc) is 2.59. The Kier molecular flexibility index (Phi) is 6.72. The van der Waals surface area contributed by atoms with Crippen molar-refractivity contribution in [1.29, 1.82) is 0 Å². The molecule has 0 fully saturated rings. The molecule has 2 heteroatoms. The quantitative estimate of drug-likeness (QED) is 0.665. The van der Waals surface area contributed by atoms with Crippen molar-refractivity contribution in [2.75, 3.05) is 11.9 Å². The van der Waals surface area contributed by atoms with Crippen LogP contribution in [0.5, 0.6) is 0 Å². The number of nitrogens with one attached hydrogen (secondary N) is 1. The summed E-state index contributed by atoms with van der Waals surface area (Å²) in [4.78, 5) is 0. The van der Waals surface area contributed by atoms with E-state index in [9.17, 15) is 0 Å². The summed E-state index contributed by atoms with van der Waals surface area (Å²) in [7, 11) is 0. The molecule has 0 bridgehead atoms. The number of rotatable bonds is 9. The summed E-state index contributed by atoms with van der Waals surface area (Å²) >= 11 is 0. The third kappa shape index (κ3) is 5.05. The highest BCUT2D eigenvalue weighted by atomic mass is 16.5. The average molecular weight is 295 g/mol. The van der Waals surface area contributed by atoms with Crippen molar-refractivity contribution in [3.05, 3.63) is 78.9 Å². The molecule has 2 nitrogen and oxygen atoms in total. The zero-order chi connectivity index (χ0) is 15.6. The molecule has 0 aliphatic carbocycles. The molecule has 0 spiro atoms. The van der Waals surface area contributed by atoms with Crippen LogP contribution in [-0.2, 0) is 11.3 Å². The first-order chi connectivity index (χ1) is 10.8. The van der Waals surface area contributed by atoms with Crippen LogP contribution < -0.4 is 5.32 Å². The molecule has 0 heterocycles. The lowest BCUT2D eigenvalue weighted by atomic mass is 9.97. The molecule has 22 heavy (non-hydrogen) atoms. The molecule has 2 aromatic rings. The predicted octanol–water partition coefficient (Wildman–Crippen LogP) is 4.90. The van der Waals surface area contributed by atoms with Gasteiger partial charge < -0.3 is 10.1 Å². The molecule has 0 aliphatic rings. The first kappa shape index (κ1) is 16.3. The van der Waals surface area contributed by atoms with Gasteiger partial charge in [0.25, 0.3) is 0 Å². The molecule has 0 aliphatic heterocycles. The maximum absolute atomic E-state index is 5.91. The van der Waals surface area contributed by atoms with Crippen LogP contribution in [0.1, 0.15) is 18.9 Å². The van der Waals surface area contributed by atoms with Gasteiger partial charge in [0, 0.05) is 17.6 Å². The van der Waals surface area contributed by atoms with Crippen LogP contribution >= 0.6 is 0 Å². The van der Waals surface area contributed by atoms with Crippen molar-refractivity contribution in [2.45, 2.75) is 26.0 Å². The Morgan fingerprint density at radius 1 is 1.05 bits per heavy atom. The lowest BCUT2D eigenvalue weighted by Gasteiger charge is -2.25. The molecule has 0 saturated carbocycles. The molecule has 2 atom stereocenters. The largest absolute Gasteiger partial charge is 0.378 e. The third-order valence-electron chi connectivity index (χ3n) is 3.84. The zero-order valence-corrected chi connectivity index (χ0v) is 13.2. The van der Waals surface area contributed by atoms with Crippen molar-refractivity contribution in [2.24, 2.45) is 5.92 Å². The standard InChI is InChI=1S/C20H25NO/c1-3-18(16-22-15-17-11-7-5-8-12-17)20(4-2)21-19-13-9-6-10-14-19/h4-14,18,20-21H,2-3,15-16H2,1H3/t18-,20+/m1/s1. The number of hydrogen-bond donors (Lipinski definition) is 1. The molecule has 1 N–H and O–H groups in total. The minimum absolute atomic E-state index is 0.211. The van der Waals surface area contributed by atoms with E-state index >= 15 is 0 Å². The van der Waals surface area contributed by atoms with Crippen molar-refractivity contribution in [1.82, 2.24) is 0 Å². The Bertz CT molecular complexity index is 538. The Labute approximate surface area is 133 Å². The second-order valence-electron chi connectivity index (χ2n) is 5.44. The Hall–Kier alpha value is -2.06. The lowest BCUT2D eigenvalue weighted by molar-refractivity contribution is 0.0834. The molecule has 0 radical (unpaired) electrons. The monoisotopic (exact) mass is 295 g/mol. The van der Waals surface area contributed by atoms with Crippen LogP contribution in [0.2, 0.25) is 0 Å². The van der Waals surface area contributed by atoms with E-state index in [2.05, 4.69) is 43.1 Å². The van der Waals surface area contributed by atoms with Gasteiger partial charge >= 0.3 is 0 Å². The van der Waals surface area contributed by atoms with Gasteiger partial charge in [0.1, 0.15) is 0 Å². The van der Waals surface area contributed by atoms with Crippen LogP contribution in [0.4, 0.5) is 5.69 Å². The van der Waals surface area contributed by atoms with E-state index in [-0.39, 0.29) is 6.04 Å². The van der Waals surface area contributed by atoms with Crippen molar-refractivity contribution < 1.29 is 4.74 Å². The fourth-order valence-electron chi connectivity index (χ4n) is 2.47. The minimum atomic E-state index is 0.211. The van der Waals surface area contributed by atoms with Crippen LogP contribution in [-0.4, -0.2) is 12.6 Å². The smallest absolute Gasteiger partial charge is 0.0717 e. The summed E-state index contributed by atoms with van der Waals surface area (Å²) < 4.78 is 5.91. The maximum atomic E-state index is 5.91. The molecule has 0 unspecified atom stereocenters. The van der Waals surface area contributed by atoms with Crippen molar-refractivity contribution >= 4 is 5.69 Å². The van der Waals surface area contributed by atoms with E-state index in [0.717, 1.165) is 18.7 Å². The van der Waals surface area contributed by atoms with E-state index in [1.807, 2.05) is 42.5 Å². The van der Waals surface area contributed by atoms with Crippen LogP contribution in [0.25, 0.3) is 0 Å². The maximum Gasteiger partial charge on any atom is 0.0717 e. The topological polar surface area (TPSA) is 21.3 Å². The summed E-state index contributed by atoms with van der Waals surface area (Å²) in [5, 5.41) is 3.53. The Balaban J connectivity index is 1.87. The molecule has 2 rings (SSSR count). The summed E-state index contributed by atoms with van der Waals surface area (Å²) in [6.45, 7) is 7.55. The van der Waals surface area contributed by atoms with E-state index in [4.69, 9.17) is 4.74 Å². The number of ether oxygens (including phenoxy) is 1. The van der Waals surface area contributed by atoms with Crippen LogP contribution in [0, 0.1) is 5.92 Å². The second kappa shape index (κ2) is 9.06. The number of hydrogen-bond acceptors (Lipinski definition) is 2. The Morgan fingerprint density at radius 3 is 2.27 bits per heavy atom. The first-order valence-corrected chi connectivity index (χ1v) is 7.89. The van der Waals surface area contributed by atoms with Crippen molar-refractivity contribution in [3.8, 4) is 0 Å². The summed E-state index contributed by atoms with van der Waals surface area (Å²) in [6, 6.07) is 20.8. The first-order valence-electron chi connectivity index (χ1n) is 7.89. The Morgan fingerprint density at radius 2 is 1.68 bits per heavy atom. The van der Waals surface area contributed by atoms with Gasteiger partial charge in [0.2, 0.25) is 0 Å². The van der Waals surface area contributed by atoms with Gasteiger partial charge in [0.15, 0.2) is 0 Å². The normalized spacial score (nSPS) is 13.3. The molecule has 0 amide bonds. The highest BCUT2D eigenvalue weighted by molar-refractivity contribution is 5.44. The number of anilines is 1. The summed E-state index contributed by atoms with van der Waals surface area (Å²) in [6.07, 6.45) is 3.03. The highest BCUT2D eigenvalue weighted by Gasteiger charge is 2.17. The van der Waals surface area contributed by atoms with Crippen LogP contribution in [0.15, 0.2) is 73.3 Å². The fraction of sp³-hybridized carbons (Fsp3) is 0.300. The van der Waals surface area contributed by atoms with Gasteiger partial charge in [-0.25, -0.2) is 0 Å². The summed E-state index contributed by atoms with van der Waals surface area (Å²) in [5.41, 5.74) is 2.33. The molecule has 0 saturated heterocycles.